The van der Waals surface area contributed by atoms with E-state index in [2.05, 4.69) is 26.6 Å². The van der Waals surface area contributed by atoms with Crippen LogP contribution in [0.5, 0.6) is 0 Å². The predicted octanol–water partition coefficient (Wildman–Crippen LogP) is 4.34. The van der Waals surface area contributed by atoms with Gasteiger partial charge in [-0.15, -0.1) is 11.3 Å². The highest BCUT2D eigenvalue weighted by atomic mass is 79.9. The molecule has 2 amide bonds. The molecule has 2 aromatic carbocycles. The van der Waals surface area contributed by atoms with Crippen LogP contribution >= 0.6 is 27.3 Å². The number of carbonyl (C=O) groups excluding carboxylic acids is 1. The summed E-state index contributed by atoms with van der Waals surface area (Å²) in [6.07, 6.45) is 0. The second-order valence-corrected chi connectivity index (χ2v) is 7.26. The van der Waals surface area contributed by atoms with E-state index < -0.39 is 17.9 Å². The lowest BCUT2D eigenvalue weighted by atomic mass is 10.1. The number of rotatable bonds is 5. The normalized spacial score (nSPS) is 12.1. The molecular weight excluding hydrogens is 407 g/mol. The van der Waals surface area contributed by atoms with Crippen LogP contribution in [0.3, 0.4) is 0 Å². The van der Waals surface area contributed by atoms with Crippen molar-refractivity contribution in [1.29, 1.82) is 0 Å². The fraction of sp³-hybridized carbons (Fsp3) is 0.167. The molecule has 0 aliphatic rings. The molecule has 7 heteroatoms. The quantitative estimate of drug-likeness (QED) is 0.572. The third-order valence-electron chi connectivity index (χ3n) is 3.83. The van der Waals surface area contributed by atoms with Crippen molar-refractivity contribution in [1.82, 2.24) is 10.6 Å². The molecule has 0 saturated carbocycles. The molecule has 0 spiro atoms. The molecule has 0 saturated heterocycles. The summed E-state index contributed by atoms with van der Waals surface area (Å²) >= 11 is 4.71. The van der Waals surface area contributed by atoms with Gasteiger partial charge in [-0.25, -0.2) is 9.18 Å². The van der Waals surface area contributed by atoms with Crippen LogP contribution < -0.4 is 10.6 Å². The Labute approximate surface area is 156 Å². The molecule has 0 fully saturated rings. The Hall–Kier alpha value is -1.96. The Balaban J connectivity index is 1.63. The van der Waals surface area contributed by atoms with Crippen LogP contribution in [0.4, 0.5) is 9.18 Å². The number of fused-ring (bicyclic) bond motifs is 1. The van der Waals surface area contributed by atoms with Crippen LogP contribution in [0, 0.1) is 5.82 Å². The Morgan fingerprint density at radius 2 is 2.08 bits per heavy atom. The summed E-state index contributed by atoms with van der Waals surface area (Å²) in [7, 11) is 0. The topological polar surface area (TPSA) is 61.4 Å². The largest absolute Gasteiger partial charge is 0.394 e. The Bertz CT molecular complexity index is 900. The molecule has 4 nitrogen and oxygen atoms in total. The Morgan fingerprint density at radius 3 is 2.84 bits per heavy atom. The molecule has 1 heterocycles. The predicted molar refractivity (Wildman–Crippen MR) is 101 cm³/mol. The highest BCUT2D eigenvalue weighted by Gasteiger charge is 2.15. The number of carbonyl (C=O) groups is 1. The van der Waals surface area contributed by atoms with E-state index in [1.54, 1.807) is 23.5 Å². The Kier molecular flexibility index (Phi) is 5.67. The van der Waals surface area contributed by atoms with Gasteiger partial charge < -0.3 is 15.7 Å². The van der Waals surface area contributed by atoms with Crippen molar-refractivity contribution in [2.45, 2.75) is 12.6 Å². The summed E-state index contributed by atoms with van der Waals surface area (Å²) in [6.45, 7) is 0.0541. The van der Waals surface area contributed by atoms with E-state index in [0.29, 0.717) is 16.6 Å². The van der Waals surface area contributed by atoms with E-state index in [1.165, 1.54) is 10.8 Å². The summed E-state index contributed by atoms with van der Waals surface area (Å²) < 4.78 is 15.1. The smallest absolute Gasteiger partial charge is 0.315 e. The molecule has 0 radical (unpaired) electrons. The summed E-state index contributed by atoms with van der Waals surface area (Å²) in [5.41, 5.74) is 1.53. The zero-order chi connectivity index (χ0) is 17.8. The van der Waals surface area contributed by atoms with Crippen LogP contribution in [-0.2, 0) is 6.54 Å². The zero-order valence-corrected chi connectivity index (χ0v) is 15.5. The SMILES string of the molecule is O=C(NCc1csc2ccccc12)NC(CO)c1ccc(Br)c(F)c1. The van der Waals surface area contributed by atoms with Gasteiger partial charge in [-0.2, -0.15) is 0 Å². The first-order valence-electron chi connectivity index (χ1n) is 7.63. The molecular formula is C18H16BrFN2O2S. The number of hydrogen-bond acceptors (Lipinski definition) is 3. The average molecular weight is 423 g/mol. The van der Waals surface area contributed by atoms with Crippen molar-refractivity contribution < 1.29 is 14.3 Å². The third kappa shape index (κ3) is 4.18. The van der Waals surface area contributed by atoms with Gasteiger partial charge in [-0.3, -0.25) is 0 Å². The average Bonchev–Trinajstić information content (AvgIpc) is 3.03. The van der Waals surface area contributed by atoms with E-state index >= 15 is 0 Å². The second-order valence-electron chi connectivity index (χ2n) is 5.49. The molecule has 3 rings (SSSR count). The first-order valence-corrected chi connectivity index (χ1v) is 9.31. The first-order chi connectivity index (χ1) is 12.1. The van der Waals surface area contributed by atoms with Gasteiger partial charge >= 0.3 is 6.03 Å². The minimum atomic E-state index is -0.679. The maximum absolute atomic E-state index is 13.6. The van der Waals surface area contributed by atoms with Crippen molar-refractivity contribution in [2.75, 3.05) is 6.61 Å². The van der Waals surface area contributed by atoms with Gasteiger partial charge in [0.2, 0.25) is 0 Å². The monoisotopic (exact) mass is 422 g/mol. The van der Waals surface area contributed by atoms with Crippen molar-refractivity contribution in [3.8, 4) is 0 Å². The van der Waals surface area contributed by atoms with E-state index in [1.807, 2.05) is 29.6 Å². The van der Waals surface area contributed by atoms with E-state index in [9.17, 15) is 14.3 Å². The van der Waals surface area contributed by atoms with Crippen molar-refractivity contribution in [3.63, 3.8) is 0 Å². The lowest BCUT2D eigenvalue weighted by Crippen LogP contribution is -2.38. The molecule has 3 aromatic rings. The van der Waals surface area contributed by atoms with Crippen molar-refractivity contribution >= 4 is 43.4 Å². The van der Waals surface area contributed by atoms with Crippen LogP contribution in [0.2, 0.25) is 0 Å². The minimum absolute atomic E-state index is 0.324. The number of benzene rings is 2. The number of thiophene rings is 1. The van der Waals surface area contributed by atoms with Crippen LogP contribution in [0.1, 0.15) is 17.2 Å². The number of aliphatic hydroxyl groups excluding tert-OH is 1. The van der Waals surface area contributed by atoms with Crippen molar-refractivity contribution in [2.24, 2.45) is 0 Å². The zero-order valence-electron chi connectivity index (χ0n) is 13.1. The highest BCUT2D eigenvalue weighted by molar-refractivity contribution is 9.10. The minimum Gasteiger partial charge on any atom is -0.394 e. The van der Waals surface area contributed by atoms with Crippen molar-refractivity contribution in [3.05, 3.63) is 69.3 Å². The van der Waals surface area contributed by atoms with Gasteiger partial charge in [0, 0.05) is 11.2 Å². The lowest BCUT2D eigenvalue weighted by Gasteiger charge is -2.17. The number of amides is 2. The molecule has 1 unspecified atom stereocenters. The number of aliphatic hydroxyl groups is 1. The molecule has 1 atom stereocenters. The summed E-state index contributed by atoms with van der Waals surface area (Å²) in [5, 5.41) is 18.1. The summed E-state index contributed by atoms with van der Waals surface area (Å²) in [6, 6.07) is 11.4. The number of halogens is 2. The number of nitrogens with one attached hydrogen (secondary N) is 2. The first kappa shape index (κ1) is 17.8. The molecule has 0 aliphatic heterocycles. The maximum Gasteiger partial charge on any atom is 0.315 e. The number of hydrogen-bond donors (Lipinski definition) is 3. The number of urea groups is 1. The summed E-state index contributed by atoms with van der Waals surface area (Å²) in [4.78, 5) is 12.1. The molecule has 130 valence electrons. The molecule has 3 N–H and O–H groups in total. The van der Waals surface area contributed by atoms with Crippen LogP contribution in [0.15, 0.2) is 52.3 Å². The maximum atomic E-state index is 13.6. The molecule has 0 bridgehead atoms. The van der Waals surface area contributed by atoms with Gasteiger partial charge in [-0.05, 0) is 56.0 Å². The van der Waals surface area contributed by atoms with Gasteiger partial charge in [0.1, 0.15) is 5.82 Å². The van der Waals surface area contributed by atoms with Crippen LogP contribution in [-0.4, -0.2) is 17.7 Å². The molecule has 0 aliphatic carbocycles. The summed E-state index contributed by atoms with van der Waals surface area (Å²) in [5.74, 6) is -0.442. The van der Waals surface area contributed by atoms with E-state index in [-0.39, 0.29) is 6.61 Å². The van der Waals surface area contributed by atoms with Gasteiger partial charge in [-0.1, -0.05) is 24.3 Å². The van der Waals surface area contributed by atoms with E-state index in [4.69, 9.17) is 0 Å². The van der Waals surface area contributed by atoms with Gasteiger partial charge in [0.15, 0.2) is 0 Å². The third-order valence-corrected chi connectivity index (χ3v) is 5.49. The molecule has 25 heavy (non-hydrogen) atoms. The fourth-order valence-corrected chi connectivity index (χ4v) is 3.73. The van der Waals surface area contributed by atoms with Crippen LogP contribution in [0.25, 0.3) is 10.1 Å². The highest BCUT2D eigenvalue weighted by Crippen LogP contribution is 2.25. The van der Waals surface area contributed by atoms with Gasteiger partial charge in [0.05, 0.1) is 17.1 Å². The van der Waals surface area contributed by atoms with Gasteiger partial charge in [0.25, 0.3) is 0 Å². The fourth-order valence-electron chi connectivity index (χ4n) is 2.52. The second kappa shape index (κ2) is 7.95. The molecule has 1 aromatic heterocycles. The standard InChI is InChI=1S/C18H16BrFN2O2S/c19-14-6-5-11(7-15(14)20)16(9-23)22-18(24)21-8-12-10-25-17-4-2-1-3-13(12)17/h1-7,10,16,23H,8-9H2,(H2,21,22,24). The lowest BCUT2D eigenvalue weighted by molar-refractivity contribution is 0.216. The Morgan fingerprint density at radius 1 is 1.28 bits per heavy atom. The van der Waals surface area contributed by atoms with E-state index in [0.717, 1.165) is 10.9 Å².